The third-order valence-corrected chi connectivity index (χ3v) is 5.08. The highest BCUT2D eigenvalue weighted by atomic mass is 16.5. The maximum absolute atomic E-state index is 12.8. The number of carbonyl (C=O) groups is 1. The molecule has 3 heterocycles. The number of carbonyl (C=O) groups excluding carboxylic acids is 1. The lowest BCUT2D eigenvalue weighted by Gasteiger charge is -2.12. The number of aromatic nitrogens is 1. The van der Waals surface area contributed by atoms with E-state index in [1.807, 2.05) is 31.2 Å². The molecule has 0 fully saturated rings. The highest BCUT2D eigenvalue weighted by molar-refractivity contribution is 6.21. The highest BCUT2D eigenvalue weighted by Crippen LogP contribution is 2.40. The van der Waals surface area contributed by atoms with Crippen molar-refractivity contribution >= 4 is 46.9 Å². The van der Waals surface area contributed by atoms with Gasteiger partial charge in [-0.3, -0.25) is 0 Å². The minimum absolute atomic E-state index is 0.0234. The molecule has 1 aliphatic heterocycles. The summed E-state index contributed by atoms with van der Waals surface area (Å²) in [4.78, 5) is 21.3. The van der Waals surface area contributed by atoms with Gasteiger partial charge in [-0.05, 0) is 62.7 Å². The van der Waals surface area contributed by atoms with Gasteiger partial charge in [0.25, 0.3) is 0 Å². The van der Waals surface area contributed by atoms with Crippen molar-refractivity contribution in [1.82, 2.24) is 4.98 Å². The fourth-order valence-corrected chi connectivity index (χ4v) is 3.51. The van der Waals surface area contributed by atoms with Crippen LogP contribution in [-0.4, -0.2) is 46.6 Å². The molecule has 0 aliphatic carbocycles. The predicted molar refractivity (Wildman–Crippen MR) is 131 cm³/mol. The van der Waals surface area contributed by atoms with Crippen LogP contribution in [0.1, 0.15) is 41.1 Å². The molecule has 0 atom stereocenters. The van der Waals surface area contributed by atoms with E-state index in [1.165, 1.54) is 0 Å². The quantitative estimate of drug-likeness (QED) is 0.356. The lowest BCUT2D eigenvalue weighted by molar-refractivity contribution is 0.0376. The molecule has 1 aromatic carbocycles. The predicted octanol–water partition coefficient (Wildman–Crippen LogP) is 4.66. The summed E-state index contributed by atoms with van der Waals surface area (Å²) in [6.45, 7) is 5.81. The first-order valence-electron chi connectivity index (χ1n) is 10.9. The molecule has 4 rings (SSSR count). The van der Waals surface area contributed by atoms with Crippen LogP contribution in [0.5, 0.6) is 5.75 Å². The third kappa shape index (κ3) is 4.79. The molecule has 0 radical (unpaired) electrons. The normalized spacial score (nSPS) is 13.4. The van der Waals surface area contributed by atoms with E-state index in [1.54, 1.807) is 38.4 Å². The van der Waals surface area contributed by atoms with Gasteiger partial charge in [0.1, 0.15) is 0 Å². The number of aliphatic imine (C=N–C) groups is 1. The summed E-state index contributed by atoms with van der Waals surface area (Å²) in [5.74, 6) is -0.302. The Morgan fingerprint density at radius 2 is 2.12 bits per heavy atom. The van der Waals surface area contributed by atoms with Gasteiger partial charge < -0.3 is 30.0 Å². The zero-order valence-corrected chi connectivity index (χ0v) is 19.1. The fourth-order valence-electron chi connectivity index (χ4n) is 3.51. The number of pyridine rings is 1. The number of fused-ring (bicyclic) bond motifs is 1. The monoisotopic (exact) mass is 462 g/mol. The van der Waals surface area contributed by atoms with E-state index in [9.17, 15) is 9.90 Å². The lowest BCUT2D eigenvalue weighted by Crippen LogP contribution is -2.12. The number of nitrogens with zero attached hydrogens (tertiary/aromatic N) is 2. The molecular weight excluding hydrogens is 436 g/mol. The van der Waals surface area contributed by atoms with E-state index < -0.39 is 5.97 Å². The number of nitrogens with one attached hydrogen (secondary N) is 2. The molecule has 9 heteroatoms. The van der Waals surface area contributed by atoms with Gasteiger partial charge in [0.05, 0.1) is 12.7 Å². The summed E-state index contributed by atoms with van der Waals surface area (Å²) < 4.78 is 11.2. The minimum Gasteiger partial charge on any atom is -0.504 e. The van der Waals surface area contributed by atoms with Gasteiger partial charge in [0.15, 0.2) is 22.9 Å². The van der Waals surface area contributed by atoms with Crippen LogP contribution >= 0.6 is 0 Å². The standard InChI is InChI=1S/C25H26N4O5/c1-14(2)33-25(32)21-22(31)20(12-16-13-28-23-18(16)5-4-8-27-23)34-24(21)29-19-7-6-17(11-15(19)3)26-9-10-30/h4-8,11-14,26,29-31H,9-10H2,1-3H3. The summed E-state index contributed by atoms with van der Waals surface area (Å²) in [5.41, 5.74) is 3.78. The zero-order valence-electron chi connectivity index (χ0n) is 19.1. The number of aryl methyl sites for hydroxylation is 1. The molecule has 176 valence electrons. The number of anilines is 3. The van der Waals surface area contributed by atoms with Gasteiger partial charge in [-0.25, -0.2) is 14.8 Å². The van der Waals surface area contributed by atoms with Gasteiger partial charge in [-0.15, -0.1) is 0 Å². The van der Waals surface area contributed by atoms with E-state index in [2.05, 4.69) is 20.6 Å². The number of hydrogen-bond donors (Lipinski definition) is 4. The second kappa shape index (κ2) is 9.80. The van der Waals surface area contributed by atoms with E-state index in [4.69, 9.17) is 14.3 Å². The van der Waals surface area contributed by atoms with Gasteiger partial charge in [-0.2, -0.15) is 0 Å². The number of ether oxygens (including phenoxy) is 1. The molecule has 0 saturated carbocycles. The average molecular weight is 463 g/mol. The summed E-state index contributed by atoms with van der Waals surface area (Å²) >= 11 is 0. The zero-order chi connectivity index (χ0) is 24.2. The van der Waals surface area contributed by atoms with Crippen molar-refractivity contribution in [2.45, 2.75) is 26.9 Å². The summed E-state index contributed by atoms with van der Waals surface area (Å²) in [6.07, 6.45) is 4.51. The van der Waals surface area contributed by atoms with Gasteiger partial charge >= 0.3 is 5.97 Å². The smallest absolute Gasteiger partial charge is 0.347 e. The molecule has 4 N–H and O–H groups in total. The van der Waals surface area contributed by atoms with Crippen molar-refractivity contribution in [3.8, 4) is 5.75 Å². The van der Waals surface area contributed by atoms with Crippen molar-refractivity contribution in [2.75, 3.05) is 23.8 Å². The number of aromatic hydroxyl groups is 1. The Morgan fingerprint density at radius 3 is 2.85 bits per heavy atom. The Balaban J connectivity index is 1.71. The highest BCUT2D eigenvalue weighted by Gasteiger charge is 2.28. The van der Waals surface area contributed by atoms with E-state index in [-0.39, 0.29) is 35.7 Å². The number of esters is 1. The van der Waals surface area contributed by atoms with E-state index in [0.717, 1.165) is 16.8 Å². The van der Waals surface area contributed by atoms with Crippen LogP contribution in [0.3, 0.4) is 0 Å². The van der Waals surface area contributed by atoms with Crippen molar-refractivity contribution in [3.05, 3.63) is 59.0 Å². The Labute approximate surface area is 196 Å². The van der Waals surface area contributed by atoms with Crippen LogP contribution in [0.25, 0.3) is 11.6 Å². The molecule has 0 bridgehead atoms. The first kappa shape index (κ1) is 23.1. The van der Waals surface area contributed by atoms with Crippen molar-refractivity contribution in [2.24, 2.45) is 4.99 Å². The number of hydrogen-bond acceptors (Lipinski definition) is 9. The SMILES string of the molecule is Cc1cc(NCCO)ccc1Nc1oc(C=C2C=Nc3ncccc32)c(O)c1C(=O)OC(C)C. The molecule has 1 aliphatic rings. The third-order valence-electron chi connectivity index (χ3n) is 5.08. The Hall–Kier alpha value is -4.11. The van der Waals surface area contributed by atoms with Crippen molar-refractivity contribution in [3.63, 3.8) is 0 Å². The van der Waals surface area contributed by atoms with Crippen molar-refractivity contribution in [1.29, 1.82) is 0 Å². The number of benzene rings is 1. The van der Waals surface area contributed by atoms with Gasteiger partial charge in [0.2, 0.25) is 5.88 Å². The fraction of sp³-hybridized carbons (Fsp3) is 0.240. The van der Waals surface area contributed by atoms with Crippen molar-refractivity contribution < 1.29 is 24.2 Å². The second-order valence-electron chi connectivity index (χ2n) is 8.01. The first-order chi connectivity index (χ1) is 16.4. The number of aliphatic hydroxyl groups excluding tert-OH is 1. The van der Waals surface area contributed by atoms with Crippen LogP contribution < -0.4 is 10.6 Å². The minimum atomic E-state index is -0.704. The average Bonchev–Trinajstić information content (AvgIpc) is 3.34. The Bertz CT molecular complexity index is 1280. The lowest BCUT2D eigenvalue weighted by atomic mass is 10.1. The second-order valence-corrected chi connectivity index (χ2v) is 8.01. The Morgan fingerprint density at radius 1 is 1.29 bits per heavy atom. The molecular formula is C25H26N4O5. The van der Waals surface area contributed by atoms with Crippen LogP contribution in [0, 0.1) is 6.92 Å². The largest absolute Gasteiger partial charge is 0.504 e. The summed E-state index contributed by atoms with van der Waals surface area (Å²) in [6, 6.07) is 9.21. The van der Waals surface area contributed by atoms with Crippen LogP contribution in [0.4, 0.5) is 23.1 Å². The molecule has 0 unspecified atom stereocenters. The molecule has 3 aromatic rings. The van der Waals surface area contributed by atoms with E-state index in [0.29, 0.717) is 23.6 Å². The van der Waals surface area contributed by atoms with Crippen LogP contribution in [-0.2, 0) is 4.74 Å². The molecule has 0 saturated heterocycles. The molecule has 34 heavy (non-hydrogen) atoms. The molecule has 2 aromatic heterocycles. The maximum Gasteiger partial charge on any atom is 0.347 e. The van der Waals surface area contributed by atoms with E-state index >= 15 is 0 Å². The maximum atomic E-state index is 12.8. The summed E-state index contributed by atoms with van der Waals surface area (Å²) in [5, 5.41) is 26.1. The molecule has 0 spiro atoms. The van der Waals surface area contributed by atoms with Crippen LogP contribution in [0.2, 0.25) is 0 Å². The van der Waals surface area contributed by atoms with Crippen LogP contribution in [0.15, 0.2) is 45.9 Å². The number of furan rings is 1. The number of rotatable bonds is 8. The summed E-state index contributed by atoms with van der Waals surface area (Å²) in [7, 11) is 0. The number of aliphatic hydroxyl groups is 1. The Kier molecular flexibility index (Phi) is 6.65. The molecule has 9 nitrogen and oxygen atoms in total. The molecule has 0 amide bonds. The number of allylic oxidation sites excluding steroid dienone is 1. The first-order valence-corrected chi connectivity index (χ1v) is 10.9. The van der Waals surface area contributed by atoms with Gasteiger partial charge in [-0.1, -0.05) is 0 Å². The topological polar surface area (TPSA) is 129 Å². The van der Waals surface area contributed by atoms with Gasteiger partial charge in [0, 0.05) is 41.5 Å².